The molecule has 0 aliphatic heterocycles. The van der Waals surface area contributed by atoms with Gasteiger partial charge in [-0.2, -0.15) is 0 Å². The van der Waals surface area contributed by atoms with E-state index in [4.69, 9.17) is 14.2 Å². The van der Waals surface area contributed by atoms with E-state index in [1.165, 1.54) is 154 Å². The summed E-state index contributed by atoms with van der Waals surface area (Å²) in [5, 5.41) is 0. The van der Waals surface area contributed by atoms with E-state index >= 15 is 0 Å². The first kappa shape index (κ1) is 78.3. The lowest BCUT2D eigenvalue weighted by Gasteiger charge is -2.18. The van der Waals surface area contributed by atoms with Crippen LogP contribution in [0.3, 0.4) is 0 Å². The van der Waals surface area contributed by atoms with Gasteiger partial charge in [-0.1, -0.05) is 308 Å². The van der Waals surface area contributed by atoms with Crippen molar-refractivity contribution >= 4 is 17.9 Å². The Labute approximate surface area is 512 Å². The first-order valence-electron chi connectivity index (χ1n) is 34.3. The van der Waals surface area contributed by atoms with E-state index in [0.717, 1.165) is 109 Å². The Hall–Kier alpha value is -4.71. The van der Waals surface area contributed by atoms with Gasteiger partial charge in [0.25, 0.3) is 0 Å². The molecule has 1 atom stereocenters. The lowest BCUT2D eigenvalue weighted by molar-refractivity contribution is -0.166. The molecule has 83 heavy (non-hydrogen) atoms. The highest BCUT2D eigenvalue weighted by Gasteiger charge is 2.19. The van der Waals surface area contributed by atoms with Crippen molar-refractivity contribution in [3.8, 4) is 0 Å². The maximum absolute atomic E-state index is 12.9. The van der Waals surface area contributed by atoms with Crippen LogP contribution in [0.4, 0.5) is 0 Å². The van der Waals surface area contributed by atoms with E-state index in [0.29, 0.717) is 12.8 Å². The molecule has 0 aliphatic carbocycles. The third-order valence-electron chi connectivity index (χ3n) is 14.3. The third kappa shape index (κ3) is 68.0. The lowest BCUT2D eigenvalue weighted by atomic mass is 10.0. The number of rotatable bonds is 61. The molecule has 1 unspecified atom stereocenters. The number of hydrogen-bond acceptors (Lipinski definition) is 6. The summed E-state index contributed by atoms with van der Waals surface area (Å²) < 4.78 is 16.8. The van der Waals surface area contributed by atoms with Crippen LogP contribution in [0, 0.1) is 0 Å². The predicted octanol–water partition coefficient (Wildman–Crippen LogP) is 23.9. The first-order valence-corrected chi connectivity index (χ1v) is 34.3. The number of esters is 3. The van der Waals surface area contributed by atoms with Gasteiger partial charge in [0.2, 0.25) is 0 Å². The van der Waals surface area contributed by atoms with Gasteiger partial charge in [0.15, 0.2) is 6.10 Å². The lowest BCUT2D eigenvalue weighted by Crippen LogP contribution is -2.30. The average Bonchev–Trinajstić information content (AvgIpc) is 3.49. The Balaban J connectivity index is 4.36. The monoisotopic (exact) mass is 1150 g/mol. The summed E-state index contributed by atoms with van der Waals surface area (Å²) in [6, 6.07) is 0. The summed E-state index contributed by atoms with van der Waals surface area (Å²) in [5.74, 6) is -1.05. The highest BCUT2D eigenvalue weighted by Crippen LogP contribution is 2.16. The maximum atomic E-state index is 12.9. The number of ether oxygens (including phenoxy) is 3. The second kappa shape index (κ2) is 69.8. The zero-order valence-corrected chi connectivity index (χ0v) is 53.9. The van der Waals surface area contributed by atoms with Crippen LogP contribution in [0.15, 0.2) is 146 Å². The molecule has 470 valence electrons. The topological polar surface area (TPSA) is 78.9 Å². The molecule has 6 nitrogen and oxygen atoms in total. The van der Waals surface area contributed by atoms with Gasteiger partial charge in [0.05, 0.1) is 6.42 Å². The van der Waals surface area contributed by atoms with Gasteiger partial charge in [-0.05, 0) is 122 Å². The molecule has 0 aromatic carbocycles. The van der Waals surface area contributed by atoms with Crippen molar-refractivity contribution < 1.29 is 28.6 Å². The fourth-order valence-electron chi connectivity index (χ4n) is 9.28. The van der Waals surface area contributed by atoms with E-state index in [9.17, 15) is 14.4 Å². The van der Waals surface area contributed by atoms with Crippen molar-refractivity contribution in [1.82, 2.24) is 0 Å². The van der Waals surface area contributed by atoms with Crippen molar-refractivity contribution in [2.24, 2.45) is 0 Å². The molecule has 0 heterocycles. The van der Waals surface area contributed by atoms with Crippen LogP contribution in [0.1, 0.15) is 303 Å². The van der Waals surface area contributed by atoms with Crippen LogP contribution < -0.4 is 0 Å². The molecule has 0 spiro atoms. The number of carbonyl (C=O) groups is 3. The molecular weight excluding hydrogens is 1020 g/mol. The highest BCUT2D eigenvalue weighted by atomic mass is 16.6. The van der Waals surface area contributed by atoms with Gasteiger partial charge >= 0.3 is 17.9 Å². The van der Waals surface area contributed by atoms with Gasteiger partial charge in [0.1, 0.15) is 13.2 Å². The Kier molecular flexibility index (Phi) is 65.8. The Bertz CT molecular complexity index is 1800. The van der Waals surface area contributed by atoms with E-state index < -0.39 is 12.1 Å². The Morgan fingerprint density at radius 2 is 0.518 bits per heavy atom. The Morgan fingerprint density at radius 3 is 0.855 bits per heavy atom. The van der Waals surface area contributed by atoms with Crippen molar-refractivity contribution in [3.05, 3.63) is 146 Å². The normalized spacial score (nSPS) is 13.0. The first-order chi connectivity index (χ1) is 41.0. The number of allylic oxidation sites excluding steroid dienone is 23. The molecule has 0 N–H and O–H groups in total. The average molecular weight is 1150 g/mol. The van der Waals surface area contributed by atoms with Crippen molar-refractivity contribution in [2.45, 2.75) is 309 Å². The Morgan fingerprint density at radius 1 is 0.265 bits per heavy atom. The molecular formula is C77H126O6. The van der Waals surface area contributed by atoms with Gasteiger partial charge in [-0.25, -0.2) is 0 Å². The molecule has 0 bridgehead atoms. The van der Waals surface area contributed by atoms with E-state index in [-0.39, 0.29) is 31.6 Å². The standard InChI is InChI=1S/C77H126O6/c1-4-7-10-13-16-19-22-25-28-30-32-33-34-35-36-37-38-39-40-41-42-43-45-46-49-52-55-58-61-64-67-70-76(79)82-73-74(72-81-75(78)69-66-63-60-57-54-51-48-27-24-21-18-15-12-9-6-3)83-77(80)71-68-65-62-59-56-53-50-47-44-31-29-26-23-20-17-14-11-8-5-2/h7,9-10,12,16,18-19,21,25-29,32-33,35-36,38-39,48,54,57,63,66,74H,4-6,8,11,13-15,17,20,22-24,30-31,34,37,40-47,49-53,55-56,58-62,64-65,67-73H2,1-3H3/b10-7-,12-9-,19-16-,21-18-,28-25-,29-26-,33-32-,36-35-,39-38-,48-27-,57-54-,66-63-. The fraction of sp³-hybridized carbons (Fsp3) is 0.649. The van der Waals surface area contributed by atoms with E-state index in [1.54, 1.807) is 6.08 Å². The summed E-state index contributed by atoms with van der Waals surface area (Å²) in [6.45, 7) is 6.33. The summed E-state index contributed by atoms with van der Waals surface area (Å²) in [7, 11) is 0. The second-order valence-electron chi connectivity index (χ2n) is 22.3. The quantitative estimate of drug-likeness (QED) is 0.0261. The molecule has 0 radical (unpaired) electrons. The van der Waals surface area contributed by atoms with Crippen LogP contribution in [0.2, 0.25) is 0 Å². The number of carbonyl (C=O) groups excluding carboxylic acids is 3. The number of hydrogen-bond donors (Lipinski definition) is 0. The van der Waals surface area contributed by atoms with Gasteiger partial charge < -0.3 is 14.2 Å². The molecule has 0 amide bonds. The summed E-state index contributed by atoms with van der Waals surface area (Å²) >= 11 is 0. The van der Waals surface area contributed by atoms with Crippen LogP contribution in [0.25, 0.3) is 0 Å². The van der Waals surface area contributed by atoms with Crippen LogP contribution >= 0.6 is 0 Å². The van der Waals surface area contributed by atoms with E-state index in [2.05, 4.69) is 154 Å². The zero-order chi connectivity index (χ0) is 59.9. The molecule has 0 aromatic rings. The minimum Gasteiger partial charge on any atom is -0.462 e. The molecule has 0 rings (SSSR count). The van der Waals surface area contributed by atoms with Crippen molar-refractivity contribution in [1.29, 1.82) is 0 Å². The summed E-state index contributed by atoms with van der Waals surface area (Å²) in [5.41, 5.74) is 0. The molecule has 0 aliphatic rings. The minimum absolute atomic E-state index is 0.113. The number of unbranched alkanes of at least 4 members (excludes halogenated alkanes) is 27. The molecule has 6 heteroatoms. The largest absolute Gasteiger partial charge is 0.462 e. The summed E-state index contributed by atoms with van der Waals surface area (Å²) in [4.78, 5) is 38.3. The van der Waals surface area contributed by atoms with Crippen molar-refractivity contribution in [2.75, 3.05) is 13.2 Å². The molecule has 0 fully saturated rings. The van der Waals surface area contributed by atoms with Crippen LogP contribution in [0.5, 0.6) is 0 Å². The third-order valence-corrected chi connectivity index (χ3v) is 14.3. The molecule has 0 saturated carbocycles. The zero-order valence-electron chi connectivity index (χ0n) is 53.9. The molecule has 0 aromatic heterocycles. The smallest absolute Gasteiger partial charge is 0.309 e. The fourth-order valence-corrected chi connectivity index (χ4v) is 9.28. The highest BCUT2D eigenvalue weighted by molar-refractivity contribution is 5.72. The van der Waals surface area contributed by atoms with E-state index in [1.807, 2.05) is 6.08 Å². The predicted molar refractivity (Wildman–Crippen MR) is 362 cm³/mol. The van der Waals surface area contributed by atoms with Crippen LogP contribution in [-0.4, -0.2) is 37.2 Å². The van der Waals surface area contributed by atoms with Gasteiger partial charge in [-0.15, -0.1) is 0 Å². The van der Waals surface area contributed by atoms with Crippen LogP contribution in [-0.2, 0) is 28.6 Å². The van der Waals surface area contributed by atoms with Gasteiger partial charge in [0, 0.05) is 12.8 Å². The maximum Gasteiger partial charge on any atom is 0.309 e. The second-order valence-corrected chi connectivity index (χ2v) is 22.3. The minimum atomic E-state index is -0.826. The van der Waals surface area contributed by atoms with Gasteiger partial charge in [-0.3, -0.25) is 14.4 Å². The summed E-state index contributed by atoms with van der Waals surface area (Å²) in [6.07, 6.45) is 100. The van der Waals surface area contributed by atoms with Crippen molar-refractivity contribution in [3.63, 3.8) is 0 Å². The SMILES string of the molecule is CC/C=C\C/C=C\C/C=C\C/C=C\C/C=C\C/C=C\CCCCCCCCCCCCCCC(=O)OCC(COC(=O)C/C=C\C/C=C\C/C=C\C/C=C\C/C=C\CC)OC(=O)CCCCCCCCCCC/C=C\CCCCCCCC. The molecule has 0 saturated heterocycles.